The Morgan fingerprint density at radius 3 is 2.40 bits per heavy atom. The van der Waals surface area contributed by atoms with Crippen molar-refractivity contribution in [3.63, 3.8) is 0 Å². The van der Waals surface area contributed by atoms with Gasteiger partial charge in [0.2, 0.25) is 0 Å². The number of benzene rings is 3. The van der Waals surface area contributed by atoms with Crippen LogP contribution in [0.1, 0.15) is 11.1 Å². The highest BCUT2D eigenvalue weighted by Crippen LogP contribution is 2.18. The molecule has 3 aromatic rings. The predicted molar refractivity (Wildman–Crippen MR) is 99.1 cm³/mol. The summed E-state index contributed by atoms with van der Waals surface area (Å²) in [5.74, 6) is 0.328. The molecule has 2 N–H and O–H groups in total. The molecule has 0 aliphatic carbocycles. The van der Waals surface area contributed by atoms with Crippen LogP contribution in [0, 0.1) is 5.82 Å². The first-order valence-corrected chi connectivity index (χ1v) is 8.28. The summed E-state index contributed by atoms with van der Waals surface area (Å²) in [5, 5.41) is 0.377. The Morgan fingerprint density at radius 1 is 0.920 bits per heavy atom. The maximum absolute atomic E-state index is 13.7. The van der Waals surface area contributed by atoms with Crippen LogP contribution in [0.5, 0.6) is 5.75 Å². The van der Waals surface area contributed by atoms with Gasteiger partial charge in [0.15, 0.2) is 0 Å². The summed E-state index contributed by atoms with van der Waals surface area (Å²) >= 11 is 5.74. The van der Waals surface area contributed by atoms with Crippen molar-refractivity contribution in [2.24, 2.45) is 0 Å². The van der Waals surface area contributed by atoms with Crippen LogP contribution in [0.4, 0.5) is 10.1 Å². The van der Waals surface area contributed by atoms with Crippen molar-refractivity contribution < 1.29 is 9.13 Å². The van der Waals surface area contributed by atoms with Crippen molar-refractivity contribution in [3.05, 3.63) is 94.8 Å². The van der Waals surface area contributed by atoms with Gasteiger partial charge in [-0.1, -0.05) is 48.0 Å². The van der Waals surface area contributed by atoms with Gasteiger partial charge in [0.05, 0.1) is 0 Å². The van der Waals surface area contributed by atoms with E-state index in [1.165, 1.54) is 6.07 Å². The summed E-state index contributed by atoms with van der Waals surface area (Å²) in [6.07, 6.45) is 0. The molecule has 0 aliphatic rings. The summed E-state index contributed by atoms with van der Waals surface area (Å²) in [6.45, 7) is 0.831. The molecule has 0 atom stereocenters. The van der Waals surface area contributed by atoms with Gasteiger partial charge in [0, 0.05) is 22.8 Å². The zero-order valence-electron chi connectivity index (χ0n) is 13.5. The molecule has 0 saturated heterocycles. The molecule has 0 unspecified atom stereocenters. The molecular weight excluding hydrogens is 339 g/mol. The lowest BCUT2D eigenvalue weighted by Gasteiger charge is -2.10. The van der Waals surface area contributed by atoms with Gasteiger partial charge in [-0.05, 0) is 42.0 Å². The molecule has 0 aromatic heterocycles. The number of halogens is 2. The van der Waals surface area contributed by atoms with Crippen molar-refractivity contribution in [2.45, 2.75) is 13.2 Å². The zero-order chi connectivity index (χ0) is 17.5. The van der Waals surface area contributed by atoms with Crippen molar-refractivity contribution in [1.82, 2.24) is 5.43 Å². The number of ether oxygens (including phenoxy) is 1. The fraction of sp³-hybridized carbons (Fsp3) is 0.100. The first kappa shape index (κ1) is 17.3. The maximum atomic E-state index is 13.7. The van der Waals surface area contributed by atoms with Crippen LogP contribution >= 0.6 is 11.6 Å². The van der Waals surface area contributed by atoms with Crippen molar-refractivity contribution in [1.29, 1.82) is 0 Å². The first-order valence-electron chi connectivity index (χ1n) is 7.90. The van der Waals surface area contributed by atoms with E-state index in [-0.39, 0.29) is 12.4 Å². The van der Waals surface area contributed by atoms with Gasteiger partial charge >= 0.3 is 0 Å². The lowest BCUT2D eigenvalue weighted by atomic mass is 10.2. The minimum atomic E-state index is -0.361. The Morgan fingerprint density at radius 2 is 1.68 bits per heavy atom. The Balaban J connectivity index is 1.48. The maximum Gasteiger partial charge on any atom is 0.131 e. The topological polar surface area (TPSA) is 33.3 Å². The van der Waals surface area contributed by atoms with E-state index in [0.717, 1.165) is 11.3 Å². The summed E-state index contributed by atoms with van der Waals surface area (Å²) in [5.41, 5.74) is 8.87. The van der Waals surface area contributed by atoms with Gasteiger partial charge in [-0.25, -0.2) is 9.82 Å². The van der Waals surface area contributed by atoms with Gasteiger partial charge in [0.1, 0.15) is 18.2 Å². The highest BCUT2D eigenvalue weighted by molar-refractivity contribution is 6.30. The standard InChI is InChI=1S/C20H18ClFN2O/c21-17-9-8-16(20(22)12-17)14-25-19-10-6-15(7-11-19)13-23-24-18-4-2-1-3-5-18/h1-12,23-24H,13-14H2. The van der Waals surface area contributed by atoms with E-state index in [1.54, 1.807) is 12.1 Å². The molecule has 0 saturated carbocycles. The number of nitrogens with one attached hydrogen (secondary N) is 2. The Kier molecular flexibility index (Phi) is 5.88. The van der Waals surface area contributed by atoms with E-state index in [0.29, 0.717) is 22.9 Å². The van der Waals surface area contributed by atoms with Gasteiger partial charge in [0.25, 0.3) is 0 Å². The lowest BCUT2D eigenvalue weighted by molar-refractivity contribution is 0.300. The number of rotatable bonds is 7. The highest BCUT2D eigenvalue weighted by Gasteiger charge is 2.04. The average Bonchev–Trinajstić information content (AvgIpc) is 2.63. The summed E-state index contributed by atoms with van der Waals surface area (Å²) in [7, 11) is 0. The molecule has 0 aliphatic heterocycles. The molecule has 0 amide bonds. The SMILES string of the molecule is Fc1cc(Cl)ccc1COc1ccc(CNNc2ccccc2)cc1. The summed E-state index contributed by atoms with van der Waals surface area (Å²) in [4.78, 5) is 0. The number of para-hydroxylation sites is 1. The van der Waals surface area contributed by atoms with Crippen LogP contribution in [0.25, 0.3) is 0 Å². The van der Waals surface area contributed by atoms with Crippen LogP contribution in [0.15, 0.2) is 72.8 Å². The molecule has 25 heavy (non-hydrogen) atoms. The minimum absolute atomic E-state index is 0.163. The molecule has 0 fully saturated rings. The molecule has 128 valence electrons. The highest BCUT2D eigenvalue weighted by atomic mass is 35.5. The first-order chi connectivity index (χ1) is 12.2. The second kappa shape index (κ2) is 8.51. The molecule has 3 rings (SSSR count). The molecule has 0 heterocycles. The fourth-order valence-electron chi connectivity index (χ4n) is 2.27. The van der Waals surface area contributed by atoms with Crippen molar-refractivity contribution in [2.75, 3.05) is 5.43 Å². The Labute approximate surface area is 151 Å². The van der Waals surface area contributed by atoms with Crippen molar-refractivity contribution >= 4 is 17.3 Å². The number of anilines is 1. The van der Waals surface area contributed by atoms with Crippen LogP contribution in [0.2, 0.25) is 5.02 Å². The van der Waals surface area contributed by atoms with E-state index in [1.807, 2.05) is 54.6 Å². The third-order valence-electron chi connectivity index (χ3n) is 3.63. The van der Waals surface area contributed by atoms with Crippen LogP contribution in [-0.2, 0) is 13.2 Å². The molecule has 0 radical (unpaired) electrons. The third kappa shape index (κ3) is 5.21. The Hall–Kier alpha value is -2.56. The molecule has 0 spiro atoms. The molecule has 0 bridgehead atoms. The predicted octanol–water partition coefficient (Wildman–Crippen LogP) is 5.17. The average molecular weight is 357 g/mol. The largest absolute Gasteiger partial charge is 0.489 e. The zero-order valence-corrected chi connectivity index (χ0v) is 14.3. The van der Waals surface area contributed by atoms with Crippen LogP contribution in [0.3, 0.4) is 0 Å². The minimum Gasteiger partial charge on any atom is -0.489 e. The lowest BCUT2D eigenvalue weighted by Crippen LogP contribution is -2.20. The van der Waals surface area contributed by atoms with Gasteiger partial charge in [-0.15, -0.1) is 0 Å². The molecule has 5 heteroatoms. The number of hydrazine groups is 1. The number of hydrogen-bond donors (Lipinski definition) is 2. The quantitative estimate of drug-likeness (QED) is 0.572. The van der Waals surface area contributed by atoms with E-state index in [9.17, 15) is 4.39 Å². The second-order valence-corrected chi connectivity index (χ2v) is 5.95. The van der Waals surface area contributed by atoms with Crippen LogP contribution in [-0.4, -0.2) is 0 Å². The van der Waals surface area contributed by atoms with Crippen molar-refractivity contribution in [3.8, 4) is 5.75 Å². The van der Waals surface area contributed by atoms with E-state index in [4.69, 9.17) is 16.3 Å². The second-order valence-electron chi connectivity index (χ2n) is 5.51. The number of hydrogen-bond acceptors (Lipinski definition) is 3. The van der Waals surface area contributed by atoms with E-state index >= 15 is 0 Å². The molecular formula is C20H18ClFN2O. The molecule has 3 aromatic carbocycles. The van der Waals surface area contributed by atoms with Gasteiger partial charge in [-0.3, -0.25) is 0 Å². The summed E-state index contributed by atoms with van der Waals surface area (Å²) < 4.78 is 19.3. The fourth-order valence-corrected chi connectivity index (χ4v) is 2.43. The third-order valence-corrected chi connectivity index (χ3v) is 3.87. The molecule has 3 nitrogen and oxygen atoms in total. The monoisotopic (exact) mass is 356 g/mol. The van der Waals surface area contributed by atoms with Gasteiger partial charge < -0.3 is 10.2 Å². The smallest absolute Gasteiger partial charge is 0.131 e. The Bertz CT molecular complexity index is 810. The summed E-state index contributed by atoms with van der Waals surface area (Å²) in [6, 6.07) is 22.1. The van der Waals surface area contributed by atoms with Crippen LogP contribution < -0.4 is 15.6 Å². The van der Waals surface area contributed by atoms with E-state index < -0.39 is 0 Å². The van der Waals surface area contributed by atoms with E-state index in [2.05, 4.69) is 10.9 Å². The normalized spacial score (nSPS) is 10.5. The van der Waals surface area contributed by atoms with Gasteiger partial charge in [-0.2, -0.15) is 0 Å².